The van der Waals surface area contributed by atoms with Gasteiger partial charge in [-0.1, -0.05) is 0 Å². The van der Waals surface area contributed by atoms with Gasteiger partial charge in [0.25, 0.3) is 0 Å². The number of methoxy groups -OCH3 is 1. The summed E-state index contributed by atoms with van der Waals surface area (Å²) in [5, 5.41) is 3.58. The van der Waals surface area contributed by atoms with Gasteiger partial charge in [-0.3, -0.25) is 4.98 Å². The predicted molar refractivity (Wildman–Crippen MR) is 122 cm³/mol. The number of hydrogen-bond donors (Lipinski definition) is 1. The third kappa shape index (κ3) is 6.85. The van der Waals surface area contributed by atoms with E-state index < -0.39 is 0 Å². The summed E-state index contributed by atoms with van der Waals surface area (Å²) >= 11 is 0. The summed E-state index contributed by atoms with van der Waals surface area (Å²) in [6.07, 6.45) is 9.74. The van der Waals surface area contributed by atoms with Crippen molar-refractivity contribution in [1.29, 1.82) is 0 Å². The van der Waals surface area contributed by atoms with Crippen LogP contribution in [0, 0.1) is 0 Å². The van der Waals surface area contributed by atoms with Gasteiger partial charge in [0, 0.05) is 44.8 Å². The molecular formula is C24H35N5O3. The molecule has 4 heterocycles. The highest BCUT2D eigenvalue weighted by atomic mass is 16.5. The molecule has 0 atom stereocenters. The van der Waals surface area contributed by atoms with Crippen LogP contribution in [0.15, 0.2) is 24.7 Å². The Morgan fingerprint density at radius 2 is 1.81 bits per heavy atom. The first-order chi connectivity index (χ1) is 15.8. The molecule has 174 valence electrons. The minimum Gasteiger partial charge on any atom is -0.491 e. The molecular weight excluding hydrogens is 406 g/mol. The lowest BCUT2D eigenvalue weighted by Gasteiger charge is -2.23. The summed E-state index contributed by atoms with van der Waals surface area (Å²) in [7, 11) is 1.65. The van der Waals surface area contributed by atoms with E-state index in [1.54, 1.807) is 19.6 Å². The van der Waals surface area contributed by atoms with Gasteiger partial charge in [0.05, 0.1) is 37.0 Å². The molecule has 0 spiro atoms. The van der Waals surface area contributed by atoms with E-state index in [4.69, 9.17) is 14.2 Å². The van der Waals surface area contributed by atoms with Gasteiger partial charge in [-0.15, -0.1) is 0 Å². The first-order valence-electron chi connectivity index (χ1n) is 11.8. The fourth-order valence-corrected chi connectivity index (χ4v) is 4.28. The first kappa shape index (κ1) is 22.9. The van der Waals surface area contributed by atoms with E-state index in [1.807, 2.05) is 6.07 Å². The average Bonchev–Trinajstić information content (AvgIpc) is 3.35. The molecule has 2 aliphatic heterocycles. The quantitative estimate of drug-likeness (QED) is 0.533. The van der Waals surface area contributed by atoms with Crippen molar-refractivity contribution in [2.75, 3.05) is 46.6 Å². The maximum absolute atomic E-state index is 6.05. The molecule has 2 aromatic heterocycles. The van der Waals surface area contributed by atoms with Crippen molar-refractivity contribution in [1.82, 2.24) is 25.2 Å². The standard InChI is InChI=1S/C24H35N5O3/c1-30-24-17-26-21(15-23(24)32-10-4-9-29-7-2-3-8-29)13-20-14-22(28-18-27-20)16-25-19-5-11-31-12-6-19/h14-15,17-19,25H,2-13,16H2,1H3. The number of nitrogens with one attached hydrogen (secondary N) is 1. The van der Waals surface area contributed by atoms with Crippen molar-refractivity contribution in [3.8, 4) is 11.5 Å². The molecule has 0 bridgehead atoms. The minimum atomic E-state index is 0.496. The largest absolute Gasteiger partial charge is 0.491 e. The van der Waals surface area contributed by atoms with Gasteiger partial charge in [-0.25, -0.2) is 9.97 Å². The second kappa shape index (κ2) is 12.1. The average molecular weight is 442 g/mol. The van der Waals surface area contributed by atoms with Gasteiger partial charge in [0.2, 0.25) is 0 Å². The second-order valence-electron chi connectivity index (χ2n) is 8.52. The molecule has 1 N–H and O–H groups in total. The Kier molecular flexibility index (Phi) is 8.64. The Morgan fingerprint density at radius 1 is 1.03 bits per heavy atom. The zero-order valence-electron chi connectivity index (χ0n) is 19.1. The van der Waals surface area contributed by atoms with Crippen molar-refractivity contribution in [2.45, 2.75) is 51.1 Å². The van der Waals surface area contributed by atoms with Gasteiger partial charge < -0.3 is 24.4 Å². The van der Waals surface area contributed by atoms with Crippen molar-refractivity contribution in [3.63, 3.8) is 0 Å². The molecule has 0 aromatic carbocycles. The molecule has 8 heteroatoms. The number of pyridine rings is 1. The smallest absolute Gasteiger partial charge is 0.179 e. The highest BCUT2D eigenvalue weighted by molar-refractivity contribution is 5.39. The topological polar surface area (TPSA) is 81.6 Å². The molecule has 0 unspecified atom stereocenters. The van der Waals surface area contributed by atoms with Crippen molar-refractivity contribution >= 4 is 0 Å². The van der Waals surface area contributed by atoms with Crippen LogP contribution < -0.4 is 14.8 Å². The molecule has 2 fully saturated rings. The number of rotatable bonds is 11. The fourth-order valence-electron chi connectivity index (χ4n) is 4.28. The summed E-state index contributed by atoms with van der Waals surface area (Å²) < 4.78 is 16.9. The van der Waals surface area contributed by atoms with E-state index in [9.17, 15) is 0 Å². The minimum absolute atomic E-state index is 0.496. The van der Waals surface area contributed by atoms with Gasteiger partial charge in [0.15, 0.2) is 11.5 Å². The van der Waals surface area contributed by atoms with Gasteiger partial charge >= 0.3 is 0 Å². The summed E-state index contributed by atoms with van der Waals surface area (Å²) in [5.74, 6) is 1.41. The van der Waals surface area contributed by atoms with Crippen LogP contribution in [0.3, 0.4) is 0 Å². The maximum atomic E-state index is 6.05. The Labute approximate surface area is 190 Å². The van der Waals surface area contributed by atoms with Crippen LogP contribution in [0.2, 0.25) is 0 Å². The molecule has 0 radical (unpaired) electrons. The summed E-state index contributed by atoms with van der Waals surface area (Å²) in [5.41, 5.74) is 2.84. The molecule has 2 aromatic rings. The van der Waals surface area contributed by atoms with Crippen molar-refractivity contribution in [3.05, 3.63) is 41.7 Å². The molecule has 0 aliphatic carbocycles. The molecule has 2 aliphatic rings. The van der Waals surface area contributed by atoms with Crippen LogP contribution >= 0.6 is 0 Å². The van der Waals surface area contributed by atoms with E-state index in [0.717, 1.165) is 68.4 Å². The normalized spacial score (nSPS) is 17.5. The zero-order valence-corrected chi connectivity index (χ0v) is 19.1. The molecule has 0 saturated carbocycles. The van der Waals surface area contributed by atoms with Crippen LogP contribution in [0.5, 0.6) is 11.5 Å². The highest BCUT2D eigenvalue weighted by Crippen LogP contribution is 2.27. The molecule has 2 saturated heterocycles. The van der Waals surface area contributed by atoms with Crippen LogP contribution in [0.4, 0.5) is 0 Å². The van der Waals surface area contributed by atoms with Crippen LogP contribution in [0.25, 0.3) is 0 Å². The van der Waals surface area contributed by atoms with Crippen molar-refractivity contribution in [2.24, 2.45) is 0 Å². The van der Waals surface area contributed by atoms with Crippen LogP contribution in [0.1, 0.15) is 49.2 Å². The zero-order chi connectivity index (χ0) is 22.0. The molecule has 32 heavy (non-hydrogen) atoms. The Balaban J connectivity index is 1.31. The number of nitrogens with zero attached hydrogens (tertiary/aromatic N) is 4. The van der Waals surface area contributed by atoms with E-state index in [0.29, 0.717) is 24.8 Å². The van der Waals surface area contributed by atoms with E-state index >= 15 is 0 Å². The molecule has 8 nitrogen and oxygen atoms in total. The lowest BCUT2D eigenvalue weighted by Crippen LogP contribution is -2.34. The molecule has 0 amide bonds. The van der Waals surface area contributed by atoms with Crippen LogP contribution in [-0.4, -0.2) is 72.5 Å². The summed E-state index contributed by atoms with van der Waals surface area (Å²) in [6.45, 7) is 6.60. The number of likely N-dealkylation sites (tertiary alicyclic amines) is 1. The second-order valence-corrected chi connectivity index (χ2v) is 8.52. The SMILES string of the molecule is COc1cnc(Cc2cc(CNC3CCOCC3)ncn2)cc1OCCCN1CCCC1. The Morgan fingerprint density at radius 3 is 2.62 bits per heavy atom. The van der Waals surface area contributed by atoms with E-state index in [2.05, 4.69) is 31.2 Å². The predicted octanol–water partition coefficient (Wildman–Crippen LogP) is 2.60. The number of hydrogen-bond acceptors (Lipinski definition) is 8. The lowest BCUT2D eigenvalue weighted by molar-refractivity contribution is 0.0775. The van der Waals surface area contributed by atoms with E-state index in [1.165, 1.54) is 25.9 Å². The summed E-state index contributed by atoms with van der Waals surface area (Å²) in [4.78, 5) is 15.9. The van der Waals surface area contributed by atoms with Crippen LogP contribution in [-0.2, 0) is 17.7 Å². The first-order valence-corrected chi connectivity index (χ1v) is 11.8. The van der Waals surface area contributed by atoms with Crippen molar-refractivity contribution < 1.29 is 14.2 Å². The molecule has 4 rings (SSSR count). The lowest BCUT2D eigenvalue weighted by atomic mass is 10.1. The fraction of sp³-hybridized carbons (Fsp3) is 0.625. The monoisotopic (exact) mass is 441 g/mol. The number of ether oxygens (including phenoxy) is 3. The summed E-state index contributed by atoms with van der Waals surface area (Å²) in [6, 6.07) is 4.52. The Hall–Kier alpha value is -2.29. The number of aromatic nitrogens is 3. The third-order valence-electron chi connectivity index (χ3n) is 6.12. The Bertz CT molecular complexity index is 838. The van der Waals surface area contributed by atoms with Gasteiger partial charge in [-0.05, 0) is 51.3 Å². The van der Waals surface area contributed by atoms with Gasteiger partial charge in [-0.2, -0.15) is 0 Å². The third-order valence-corrected chi connectivity index (χ3v) is 6.12. The van der Waals surface area contributed by atoms with E-state index in [-0.39, 0.29) is 0 Å². The highest BCUT2D eigenvalue weighted by Gasteiger charge is 2.14. The maximum Gasteiger partial charge on any atom is 0.179 e. The van der Waals surface area contributed by atoms with Gasteiger partial charge in [0.1, 0.15) is 6.33 Å².